The van der Waals surface area contributed by atoms with E-state index in [1.165, 1.54) is 16.5 Å². The van der Waals surface area contributed by atoms with Crippen LogP contribution in [0.15, 0.2) is 30.5 Å². The Morgan fingerprint density at radius 2 is 2.17 bits per heavy atom. The van der Waals surface area contributed by atoms with Crippen molar-refractivity contribution in [2.24, 2.45) is 7.05 Å². The first-order chi connectivity index (χ1) is 11.4. The van der Waals surface area contributed by atoms with Crippen LogP contribution in [0.25, 0.3) is 10.9 Å². The van der Waals surface area contributed by atoms with Crippen molar-refractivity contribution in [2.75, 3.05) is 6.61 Å². The van der Waals surface area contributed by atoms with Crippen LogP contribution >= 0.6 is 0 Å². The van der Waals surface area contributed by atoms with E-state index in [1.807, 2.05) is 0 Å². The molecular formula is C20H28N2O2. The minimum absolute atomic E-state index is 0.126. The monoisotopic (exact) mass is 328 g/mol. The Morgan fingerprint density at radius 1 is 1.38 bits per heavy atom. The molecule has 0 radical (unpaired) electrons. The molecule has 4 nitrogen and oxygen atoms in total. The van der Waals surface area contributed by atoms with Gasteiger partial charge in [0, 0.05) is 43.2 Å². The van der Waals surface area contributed by atoms with Gasteiger partial charge in [0.2, 0.25) is 5.91 Å². The lowest BCUT2D eigenvalue weighted by Gasteiger charge is -2.35. The molecule has 0 saturated carbocycles. The van der Waals surface area contributed by atoms with Crippen LogP contribution in [0.4, 0.5) is 0 Å². The molecule has 2 heterocycles. The maximum atomic E-state index is 12.2. The molecule has 1 saturated heterocycles. The number of nitrogens with zero attached hydrogens (tertiary/aromatic N) is 1. The molecule has 1 aliphatic heterocycles. The minimum atomic E-state index is -0.126. The molecule has 1 fully saturated rings. The molecule has 3 rings (SSSR count). The average Bonchev–Trinajstić information content (AvgIpc) is 2.83. The van der Waals surface area contributed by atoms with Gasteiger partial charge in [0.05, 0.1) is 5.60 Å². The fourth-order valence-electron chi connectivity index (χ4n) is 3.72. The standard InChI is InChI=1S/C20H28N2O2/c1-20(2)13-16(11-12-24-20)21-19(23)10-6-7-15-14-22(3)18-9-5-4-8-17(15)18/h4-5,8-9,14,16H,6-7,10-13H2,1-3H3,(H,21,23)/t16-/m0/s1. The number of hydrogen-bond donors (Lipinski definition) is 1. The van der Waals surface area contributed by atoms with E-state index >= 15 is 0 Å². The highest BCUT2D eigenvalue weighted by Crippen LogP contribution is 2.24. The number of carbonyl (C=O) groups excluding carboxylic acids is 1. The maximum Gasteiger partial charge on any atom is 0.220 e. The quantitative estimate of drug-likeness (QED) is 0.912. The Labute approximate surface area is 144 Å². The van der Waals surface area contributed by atoms with Gasteiger partial charge in [-0.25, -0.2) is 0 Å². The van der Waals surface area contributed by atoms with Crippen LogP contribution in [0.2, 0.25) is 0 Å². The number of nitrogens with one attached hydrogen (secondary N) is 1. The van der Waals surface area contributed by atoms with E-state index in [4.69, 9.17) is 4.74 Å². The molecule has 1 atom stereocenters. The molecule has 1 amide bonds. The predicted octanol–water partition coefficient (Wildman–Crippen LogP) is 3.57. The van der Waals surface area contributed by atoms with Gasteiger partial charge < -0.3 is 14.6 Å². The van der Waals surface area contributed by atoms with E-state index in [2.05, 4.69) is 61.2 Å². The lowest BCUT2D eigenvalue weighted by molar-refractivity contribution is -0.124. The zero-order valence-electron chi connectivity index (χ0n) is 15.0. The summed E-state index contributed by atoms with van der Waals surface area (Å²) < 4.78 is 7.87. The molecule has 0 aliphatic carbocycles. The van der Waals surface area contributed by atoms with Gasteiger partial charge in [-0.15, -0.1) is 0 Å². The van der Waals surface area contributed by atoms with Crippen molar-refractivity contribution in [3.8, 4) is 0 Å². The van der Waals surface area contributed by atoms with Crippen LogP contribution in [-0.4, -0.2) is 28.7 Å². The summed E-state index contributed by atoms with van der Waals surface area (Å²) >= 11 is 0. The van der Waals surface area contributed by atoms with Crippen LogP contribution in [0.3, 0.4) is 0 Å². The first-order valence-corrected chi connectivity index (χ1v) is 8.91. The second-order valence-electron chi connectivity index (χ2n) is 7.50. The average molecular weight is 328 g/mol. The number of carbonyl (C=O) groups is 1. The summed E-state index contributed by atoms with van der Waals surface area (Å²) in [5, 5.41) is 4.48. The number of benzene rings is 1. The van der Waals surface area contributed by atoms with Crippen molar-refractivity contribution in [1.82, 2.24) is 9.88 Å². The highest BCUT2D eigenvalue weighted by Gasteiger charge is 2.29. The van der Waals surface area contributed by atoms with Gasteiger partial charge in [0.25, 0.3) is 0 Å². The zero-order valence-corrected chi connectivity index (χ0v) is 15.0. The predicted molar refractivity (Wildman–Crippen MR) is 97.1 cm³/mol. The summed E-state index contributed by atoms with van der Waals surface area (Å²) in [4.78, 5) is 12.2. The SMILES string of the molecule is Cn1cc(CCCC(=O)N[C@H]2CCOC(C)(C)C2)c2ccccc21. The molecule has 4 heteroatoms. The Balaban J connectivity index is 1.50. The first kappa shape index (κ1) is 17.0. The summed E-state index contributed by atoms with van der Waals surface area (Å²) in [6, 6.07) is 8.69. The van der Waals surface area contributed by atoms with Crippen molar-refractivity contribution in [3.05, 3.63) is 36.0 Å². The van der Waals surface area contributed by atoms with E-state index in [0.29, 0.717) is 6.42 Å². The highest BCUT2D eigenvalue weighted by molar-refractivity contribution is 5.84. The minimum Gasteiger partial charge on any atom is -0.375 e. The van der Waals surface area contributed by atoms with E-state index in [9.17, 15) is 4.79 Å². The van der Waals surface area contributed by atoms with Gasteiger partial charge in [-0.1, -0.05) is 18.2 Å². The largest absolute Gasteiger partial charge is 0.375 e. The zero-order chi connectivity index (χ0) is 17.2. The van der Waals surface area contributed by atoms with Gasteiger partial charge in [-0.2, -0.15) is 0 Å². The van der Waals surface area contributed by atoms with Crippen LogP contribution < -0.4 is 5.32 Å². The third kappa shape index (κ3) is 3.99. The summed E-state index contributed by atoms with van der Waals surface area (Å²) in [5.41, 5.74) is 2.45. The van der Waals surface area contributed by atoms with Crippen molar-refractivity contribution in [1.29, 1.82) is 0 Å². The van der Waals surface area contributed by atoms with E-state index in [1.54, 1.807) is 0 Å². The number of ether oxygens (including phenoxy) is 1. The normalized spacial score (nSPS) is 20.2. The number of hydrogen-bond acceptors (Lipinski definition) is 2. The topological polar surface area (TPSA) is 43.3 Å². The number of aryl methyl sites for hydroxylation is 2. The van der Waals surface area contributed by atoms with Crippen molar-refractivity contribution < 1.29 is 9.53 Å². The fourth-order valence-corrected chi connectivity index (χ4v) is 3.72. The molecule has 0 unspecified atom stereocenters. The number of fused-ring (bicyclic) bond motifs is 1. The number of para-hydroxylation sites is 1. The van der Waals surface area contributed by atoms with Crippen molar-refractivity contribution in [2.45, 2.75) is 57.6 Å². The molecule has 1 aliphatic rings. The molecule has 0 spiro atoms. The molecule has 2 aromatic rings. The fraction of sp³-hybridized carbons (Fsp3) is 0.550. The summed E-state index contributed by atoms with van der Waals surface area (Å²) in [7, 11) is 2.07. The number of aromatic nitrogens is 1. The van der Waals surface area contributed by atoms with Crippen LogP contribution in [-0.2, 0) is 23.0 Å². The Bertz CT molecular complexity index is 717. The second kappa shape index (κ2) is 6.98. The lowest BCUT2D eigenvalue weighted by atomic mass is 9.94. The van der Waals surface area contributed by atoms with E-state index in [0.717, 1.165) is 32.3 Å². The Kier molecular flexibility index (Phi) is 4.95. The highest BCUT2D eigenvalue weighted by atomic mass is 16.5. The second-order valence-corrected chi connectivity index (χ2v) is 7.50. The Morgan fingerprint density at radius 3 is 2.96 bits per heavy atom. The smallest absolute Gasteiger partial charge is 0.220 e. The van der Waals surface area contributed by atoms with Gasteiger partial charge in [0.1, 0.15) is 0 Å². The lowest BCUT2D eigenvalue weighted by Crippen LogP contribution is -2.45. The van der Waals surface area contributed by atoms with E-state index < -0.39 is 0 Å². The molecule has 130 valence electrons. The summed E-state index contributed by atoms with van der Waals surface area (Å²) in [6.07, 6.45) is 6.39. The van der Waals surface area contributed by atoms with Crippen LogP contribution in [0.1, 0.15) is 45.1 Å². The molecule has 1 aromatic carbocycles. The summed E-state index contributed by atoms with van der Waals surface area (Å²) in [5.74, 6) is 0.165. The van der Waals surface area contributed by atoms with Crippen molar-refractivity contribution in [3.63, 3.8) is 0 Å². The van der Waals surface area contributed by atoms with Gasteiger partial charge >= 0.3 is 0 Å². The molecule has 1 N–H and O–H groups in total. The molecular weight excluding hydrogens is 300 g/mol. The van der Waals surface area contributed by atoms with Crippen LogP contribution in [0, 0.1) is 0 Å². The third-order valence-electron chi connectivity index (χ3n) is 4.89. The van der Waals surface area contributed by atoms with Crippen molar-refractivity contribution >= 4 is 16.8 Å². The van der Waals surface area contributed by atoms with Gasteiger partial charge in [-0.05, 0) is 51.2 Å². The van der Waals surface area contributed by atoms with Gasteiger partial charge in [-0.3, -0.25) is 4.79 Å². The first-order valence-electron chi connectivity index (χ1n) is 8.91. The van der Waals surface area contributed by atoms with Gasteiger partial charge in [0.15, 0.2) is 0 Å². The molecule has 1 aromatic heterocycles. The summed E-state index contributed by atoms with van der Waals surface area (Å²) in [6.45, 7) is 4.91. The number of amides is 1. The molecule has 24 heavy (non-hydrogen) atoms. The Hall–Kier alpha value is -1.81. The third-order valence-corrected chi connectivity index (χ3v) is 4.89. The van der Waals surface area contributed by atoms with E-state index in [-0.39, 0.29) is 17.6 Å². The maximum absolute atomic E-state index is 12.2. The molecule has 0 bridgehead atoms. The van der Waals surface area contributed by atoms with Crippen LogP contribution in [0.5, 0.6) is 0 Å². The number of rotatable bonds is 5.